The van der Waals surface area contributed by atoms with Gasteiger partial charge in [-0.25, -0.2) is 14.6 Å². The van der Waals surface area contributed by atoms with E-state index in [-0.39, 0.29) is 5.91 Å². The van der Waals surface area contributed by atoms with Crippen molar-refractivity contribution >= 4 is 34.4 Å². The van der Waals surface area contributed by atoms with Gasteiger partial charge in [-0.1, -0.05) is 0 Å². The highest BCUT2D eigenvalue weighted by Gasteiger charge is 2.10. The van der Waals surface area contributed by atoms with Crippen LogP contribution in [-0.2, 0) is 17.9 Å². The maximum Gasteiger partial charge on any atom is 0.221 e. The molecule has 0 unspecified atom stereocenters. The van der Waals surface area contributed by atoms with Crippen molar-refractivity contribution in [2.45, 2.75) is 19.5 Å². The first-order chi connectivity index (χ1) is 11.8. The van der Waals surface area contributed by atoms with Crippen LogP contribution >= 0.6 is 11.6 Å². The minimum absolute atomic E-state index is 0.0723. The number of hydrogen-bond donors (Lipinski definition) is 2. The summed E-state index contributed by atoms with van der Waals surface area (Å²) in [5.74, 6) is 1.75. The Hall–Kier alpha value is -2.61. The van der Waals surface area contributed by atoms with Crippen LogP contribution in [0.2, 0.25) is 0 Å². The normalized spacial score (nSPS) is 10.9. The Balaban J connectivity index is 1.66. The fourth-order valence-electron chi connectivity index (χ4n) is 2.26. The molecule has 0 bridgehead atoms. The van der Waals surface area contributed by atoms with Crippen molar-refractivity contribution in [3.8, 4) is 0 Å². The monoisotopic (exact) mass is 348 g/mol. The van der Waals surface area contributed by atoms with E-state index in [9.17, 15) is 4.79 Å². The van der Waals surface area contributed by atoms with Crippen LogP contribution in [0, 0.1) is 0 Å². The number of rotatable bonds is 8. The molecule has 0 aliphatic carbocycles. The maximum atomic E-state index is 11.4. The van der Waals surface area contributed by atoms with E-state index >= 15 is 0 Å². The lowest BCUT2D eigenvalue weighted by Crippen LogP contribution is -2.27. The fourth-order valence-corrected chi connectivity index (χ4v) is 2.43. The number of furan rings is 1. The second kappa shape index (κ2) is 7.78. The summed E-state index contributed by atoms with van der Waals surface area (Å²) < 4.78 is 7.02. The Kier molecular flexibility index (Phi) is 5.27. The highest BCUT2D eigenvalue weighted by Crippen LogP contribution is 2.19. The number of hydrogen-bond acceptors (Lipinski definition) is 6. The number of anilines is 1. The number of amides is 1. The number of aromatic nitrogens is 4. The first-order valence-corrected chi connectivity index (χ1v) is 8.07. The third-order valence-corrected chi connectivity index (χ3v) is 3.60. The van der Waals surface area contributed by atoms with Gasteiger partial charge in [-0.05, 0) is 12.1 Å². The van der Waals surface area contributed by atoms with E-state index in [4.69, 9.17) is 16.0 Å². The summed E-state index contributed by atoms with van der Waals surface area (Å²) in [6.45, 7) is 1.51. The van der Waals surface area contributed by atoms with Gasteiger partial charge in [0.05, 0.1) is 30.9 Å². The Bertz CT molecular complexity index is 802. The van der Waals surface area contributed by atoms with Gasteiger partial charge in [0.1, 0.15) is 17.9 Å². The van der Waals surface area contributed by atoms with E-state index in [0.29, 0.717) is 43.4 Å². The minimum Gasteiger partial charge on any atom is -0.467 e. The highest BCUT2D eigenvalue weighted by atomic mass is 35.5. The summed E-state index contributed by atoms with van der Waals surface area (Å²) in [6.07, 6.45) is 5.13. The van der Waals surface area contributed by atoms with Gasteiger partial charge in [-0.2, -0.15) is 5.10 Å². The van der Waals surface area contributed by atoms with Crippen LogP contribution in [0.5, 0.6) is 0 Å². The van der Waals surface area contributed by atoms with Crippen molar-refractivity contribution in [2.75, 3.05) is 17.7 Å². The van der Waals surface area contributed by atoms with E-state index in [1.54, 1.807) is 17.1 Å². The van der Waals surface area contributed by atoms with Crippen LogP contribution in [-0.4, -0.2) is 38.1 Å². The number of nitrogens with one attached hydrogen (secondary N) is 2. The van der Waals surface area contributed by atoms with Gasteiger partial charge in [0, 0.05) is 18.8 Å². The molecule has 1 amide bonds. The van der Waals surface area contributed by atoms with Crippen LogP contribution < -0.4 is 10.6 Å². The summed E-state index contributed by atoms with van der Waals surface area (Å²) >= 11 is 5.53. The molecule has 0 atom stereocenters. The molecule has 0 aromatic carbocycles. The Labute approximate surface area is 143 Å². The first kappa shape index (κ1) is 16.3. The number of nitrogens with zero attached hydrogens (tertiary/aromatic N) is 4. The quantitative estimate of drug-likeness (QED) is 0.602. The number of carbonyl (C=O) groups excluding carboxylic acids is 1. The maximum absolute atomic E-state index is 11.4. The van der Waals surface area contributed by atoms with E-state index in [1.165, 1.54) is 6.33 Å². The fraction of sp³-hybridized carbons (Fsp3) is 0.333. The van der Waals surface area contributed by atoms with Crippen molar-refractivity contribution in [3.63, 3.8) is 0 Å². The zero-order valence-corrected chi connectivity index (χ0v) is 13.7. The van der Waals surface area contributed by atoms with E-state index in [2.05, 4.69) is 25.7 Å². The predicted octanol–water partition coefficient (Wildman–Crippen LogP) is 1.78. The molecule has 0 aliphatic heterocycles. The SMILES string of the molecule is O=C(CCCl)NCCn1ncc2c(NCc3ccco3)ncnc21. The van der Waals surface area contributed by atoms with Crippen LogP contribution in [0.4, 0.5) is 5.82 Å². The predicted molar refractivity (Wildman–Crippen MR) is 89.7 cm³/mol. The van der Waals surface area contributed by atoms with Crippen LogP contribution in [0.15, 0.2) is 35.3 Å². The van der Waals surface area contributed by atoms with Gasteiger partial charge < -0.3 is 15.1 Å². The Morgan fingerprint density at radius 2 is 2.29 bits per heavy atom. The second-order valence-corrected chi connectivity index (χ2v) is 5.43. The van der Waals surface area contributed by atoms with Gasteiger partial charge in [-0.15, -0.1) is 11.6 Å². The van der Waals surface area contributed by atoms with Crippen LogP contribution in [0.3, 0.4) is 0 Å². The van der Waals surface area contributed by atoms with E-state index in [1.807, 2.05) is 12.1 Å². The topological polar surface area (TPSA) is 97.9 Å². The molecule has 3 aromatic rings. The molecule has 0 saturated carbocycles. The van der Waals surface area contributed by atoms with E-state index < -0.39 is 0 Å². The number of fused-ring (bicyclic) bond motifs is 1. The molecule has 0 spiro atoms. The smallest absolute Gasteiger partial charge is 0.221 e. The molecule has 126 valence electrons. The third-order valence-electron chi connectivity index (χ3n) is 3.41. The number of carbonyl (C=O) groups is 1. The van der Waals surface area contributed by atoms with Gasteiger partial charge >= 0.3 is 0 Å². The van der Waals surface area contributed by atoms with Gasteiger partial charge in [0.25, 0.3) is 0 Å². The third kappa shape index (κ3) is 3.83. The number of alkyl halides is 1. The molecule has 24 heavy (non-hydrogen) atoms. The van der Waals surface area contributed by atoms with Gasteiger partial charge in [0.15, 0.2) is 5.65 Å². The van der Waals surface area contributed by atoms with Crippen molar-refractivity contribution in [3.05, 3.63) is 36.7 Å². The van der Waals surface area contributed by atoms with Gasteiger partial charge in [0.2, 0.25) is 5.91 Å². The minimum atomic E-state index is -0.0723. The van der Waals surface area contributed by atoms with Crippen molar-refractivity contribution in [2.24, 2.45) is 0 Å². The first-order valence-electron chi connectivity index (χ1n) is 7.53. The zero-order valence-electron chi connectivity index (χ0n) is 12.9. The standard InChI is InChI=1S/C15H17ClN6O2/c16-4-3-13(23)17-5-6-22-15-12(9-21-22)14(19-10-20-15)18-8-11-2-1-7-24-11/h1-2,7,9-10H,3-6,8H2,(H,17,23)(H,18,19,20). The highest BCUT2D eigenvalue weighted by molar-refractivity contribution is 6.18. The molecule has 2 N–H and O–H groups in total. The molecule has 0 aliphatic rings. The largest absolute Gasteiger partial charge is 0.467 e. The Morgan fingerprint density at radius 3 is 3.08 bits per heavy atom. The lowest BCUT2D eigenvalue weighted by molar-refractivity contribution is -0.120. The average molecular weight is 349 g/mol. The molecule has 3 heterocycles. The Morgan fingerprint density at radius 1 is 1.38 bits per heavy atom. The molecular weight excluding hydrogens is 332 g/mol. The molecule has 0 saturated heterocycles. The summed E-state index contributed by atoms with van der Waals surface area (Å²) in [7, 11) is 0. The molecule has 9 heteroatoms. The molecule has 3 rings (SSSR count). The van der Waals surface area contributed by atoms with Gasteiger partial charge in [-0.3, -0.25) is 4.79 Å². The lowest BCUT2D eigenvalue weighted by atomic mass is 10.3. The van der Waals surface area contributed by atoms with Crippen LogP contribution in [0.25, 0.3) is 11.0 Å². The summed E-state index contributed by atoms with van der Waals surface area (Å²) in [5.41, 5.74) is 0.707. The number of halogens is 1. The van der Waals surface area contributed by atoms with Crippen molar-refractivity contribution in [1.82, 2.24) is 25.1 Å². The summed E-state index contributed by atoms with van der Waals surface area (Å²) in [4.78, 5) is 19.9. The zero-order chi connectivity index (χ0) is 16.8. The molecular formula is C15H17ClN6O2. The lowest BCUT2D eigenvalue weighted by Gasteiger charge is -2.06. The van der Waals surface area contributed by atoms with Crippen molar-refractivity contribution in [1.29, 1.82) is 0 Å². The molecule has 0 radical (unpaired) electrons. The summed E-state index contributed by atoms with van der Waals surface area (Å²) in [6, 6.07) is 3.72. The molecule has 3 aromatic heterocycles. The average Bonchev–Trinajstić information content (AvgIpc) is 3.23. The van der Waals surface area contributed by atoms with E-state index in [0.717, 1.165) is 11.1 Å². The van der Waals surface area contributed by atoms with Crippen molar-refractivity contribution < 1.29 is 9.21 Å². The molecule has 8 nitrogen and oxygen atoms in total. The summed E-state index contributed by atoms with van der Waals surface area (Å²) in [5, 5.41) is 11.1. The second-order valence-electron chi connectivity index (χ2n) is 5.05. The molecule has 0 fully saturated rings. The van der Waals surface area contributed by atoms with Crippen LogP contribution in [0.1, 0.15) is 12.2 Å².